The van der Waals surface area contributed by atoms with Gasteiger partial charge in [-0.3, -0.25) is 4.79 Å². The number of ketones is 1. The van der Waals surface area contributed by atoms with Crippen molar-refractivity contribution in [3.63, 3.8) is 0 Å². The van der Waals surface area contributed by atoms with Gasteiger partial charge in [-0.05, 0) is 29.3 Å². The van der Waals surface area contributed by atoms with E-state index in [-0.39, 0.29) is 28.0 Å². The van der Waals surface area contributed by atoms with Crippen LogP contribution in [0.1, 0.15) is 43.3 Å². The Labute approximate surface area is 237 Å². The van der Waals surface area contributed by atoms with Gasteiger partial charge < -0.3 is 65.3 Å². The Morgan fingerprint density at radius 1 is 0.786 bits per heavy atom. The smallest absolute Gasteiger partial charge is 0.335 e. The molecule has 0 saturated carbocycles. The summed E-state index contributed by atoms with van der Waals surface area (Å²) in [5.74, 6) is -4.60. The van der Waals surface area contributed by atoms with Gasteiger partial charge in [0.25, 0.3) is 0 Å². The predicted molar refractivity (Wildman–Crippen MR) is 135 cm³/mol. The van der Waals surface area contributed by atoms with Crippen molar-refractivity contribution in [2.75, 3.05) is 13.2 Å². The third-order valence-electron chi connectivity index (χ3n) is 7.93. The number of phenols is 1. The minimum atomic E-state index is -1.84. The number of benzene rings is 2. The number of aliphatic hydroxyl groups is 8. The van der Waals surface area contributed by atoms with Crippen molar-refractivity contribution in [1.82, 2.24) is 0 Å². The summed E-state index contributed by atoms with van der Waals surface area (Å²) in [6, 6.07) is 6.03. The Hall–Kier alpha value is -3.22. The Morgan fingerprint density at radius 3 is 2.02 bits per heavy atom. The van der Waals surface area contributed by atoms with Gasteiger partial charge in [-0.2, -0.15) is 0 Å². The molecule has 2 aliphatic heterocycles. The second-order valence-electron chi connectivity index (χ2n) is 10.4. The van der Waals surface area contributed by atoms with Crippen molar-refractivity contribution in [1.29, 1.82) is 0 Å². The average Bonchev–Trinajstić information content (AvgIpc) is 2.96. The summed E-state index contributed by atoms with van der Waals surface area (Å²) in [7, 11) is 0. The highest BCUT2D eigenvalue weighted by Gasteiger charge is 2.51. The molecule has 5 rings (SSSR count). The van der Waals surface area contributed by atoms with E-state index in [1.165, 1.54) is 18.2 Å². The minimum Gasteiger partial charge on any atom is -0.507 e. The SMILES string of the molecule is O=C(O)c1cc(O)c2c(c1)[C@H]([C@@H]1O[C@H](CO)[C@@H](O)[C@H](O)[C@H]1O)c1cccc(O[C@@H]3O[C@H](CO)[C@@H](O)[C@H](O)[C@H]3O)c1C2=O. The summed E-state index contributed by atoms with van der Waals surface area (Å²) in [6.07, 6.45) is -16.6. The number of aliphatic hydroxyl groups excluding tert-OH is 8. The fraction of sp³-hybridized carbons (Fsp3) is 0.481. The molecule has 1 aliphatic carbocycles. The number of rotatable bonds is 6. The summed E-state index contributed by atoms with van der Waals surface area (Å²) in [6.45, 7) is -1.52. The summed E-state index contributed by atoms with van der Waals surface area (Å²) in [5, 5.41) is 102. The second-order valence-corrected chi connectivity index (χ2v) is 10.4. The van der Waals surface area contributed by atoms with Crippen LogP contribution in [0.3, 0.4) is 0 Å². The van der Waals surface area contributed by atoms with Crippen LogP contribution in [0.4, 0.5) is 0 Å². The standard InChI is InChI=1S/C27H30O15/c28-6-13-18(31)21(34)23(36)25(40-13)15-9-2-1-3-12(41-27-24(37)22(35)19(32)14(7-29)42-27)17(9)20(33)16-10(15)4-8(26(38)39)5-11(16)30/h1-5,13-15,18-19,21-25,27-32,34-37H,6-7H2,(H,38,39)/t13-,14-,15-,18-,19-,21+,22+,23-,24-,25+,27-/m1/s1. The van der Waals surface area contributed by atoms with Gasteiger partial charge in [-0.1, -0.05) is 12.1 Å². The molecule has 2 aromatic rings. The normalized spacial score (nSPS) is 36.2. The van der Waals surface area contributed by atoms with E-state index >= 15 is 0 Å². The van der Waals surface area contributed by atoms with Crippen molar-refractivity contribution in [2.24, 2.45) is 0 Å². The molecule has 0 unspecified atom stereocenters. The number of hydrogen-bond donors (Lipinski definition) is 10. The number of carboxylic acids is 1. The van der Waals surface area contributed by atoms with E-state index in [0.717, 1.165) is 12.1 Å². The van der Waals surface area contributed by atoms with Crippen LogP contribution in [0.25, 0.3) is 0 Å². The first-order valence-corrected chi connectivity index (χ1v) is 13.0. The number of aromatic hydroxyl groups is 1. The molecule has 0 spiro atoms. The Balaban J connectivity index is 1.66. The number of carbonyl (C=O) groups is 2. The van der Waals surface area contributed by atoms with Crippen LogP contribution in [0.2, 0.25) is 0 Å². The number of hydrogen-bond acceptors (Lipinski definition) is 14. The molecule has 2 fully saturated rings. The fourth-order valence-corrected chi connectivity index (χ4v) is 5.76. The molecule has 42 heavy (non-hydrogen) atoms. The quantitative estimate of drug-likeness (QED) is 0.158. The van der Waals surface area contributed by atoms with Crippen LogP contribution >= 0.6 is 0 Å². The van der Waals surface area contributed by atoms with Gasteiger partial charge in [0.05, 0.1) is 36.0 Å². The maximum Gasteiger partial charge on any atom is 0.335 e. The van der Waals surface area contributed by atoms with Gasteiger partial charge in [-0.15, -0.1) is 0 Å². The molecular weight excluding hydrogens is 564 g/mol. The first kappa shape index (κ1) is 30.2. The molecule has 0 bridgehead atoms. The molecule has 11 atom stereocenters. The molecule has 0 aromatic heterocycles. The van der Waals surface area contributed by atoms with E-state index < -0.39 is 103 Å². The van der Waals surface area contributed by atoms with E-state index in [9.17, 15) is 60.7 Å². The van der Waals surface area contributed by atoms with Gasteiger partial charge >= 0.3 is 5.97 Å². The molecule has 10 N–H and O–H groups in total. The molecule has 0 amide bonds. The number of carbonyl (C=O) groups excluding carboxylic acids is 1. The molecule has 2 saturated heterocycles. The van der Waals surface area contributed by atoms with Gasteiger partial charge in [0.2, 0.25) is 12.1 Å². The van der Waals surface area contributed by atoms with E-state index in [0.29, 0.717) is 0 Å². The Morgan fingerprint density at radius 2 is 1.40 bits per heavy atom. The van der Waals surface area contributed by atoms with Crippen LogP contribution in [0, 0.1) is 0 Å². The van der Waals surface area contributed by atoms with Crippen LogP contribution in [0.5, 0.6) is 11.5 Å². The zero-order valence-corrected chi connectivity index (χ0v) is 21.7. The predicted octanol–water partition coefficient (Wildman–Crippen LogP) is -3.21. The first-order valence-electron chi connectivity index (χ1n) is 13.0. The molecule has 3 aliphatic rings. The summed E-state index contributed by atoms with van der Waals surface area (Å²) in [5.41, 5.74) is -1.09. The Bertz CT molecular complexity index is 1360. The van der Waals surface area contributed by atoms with E-state index in [2.05, 4.69) is 0 Å². The Kier molecular flexibility index (Phi) is 8.25. The lowest BCUT2D eigenvalue weighted by atomic mass is 9.71. The average molecular weight is 595 g/mol. The molecule has 0 radical (unpaired) electrons. The summed E-state index contributed by atoms with van der Waals surface area (Å²) in [4.78, 5) is 25.7. The summed E-state index contributed by atoms with van der Waals surface area (Å²) >= 11 is 0. The third-order valence-corrected chi connectivity index (χ3v) is 7.93. The molecule has 228 valence electrons. The third kappa shape index (κ3) is 4.83. The van der Waals surface area contributed by atoms with Gasteiger partial charge in [0.1, 0.15) is 60.3 Å². The first-order chi connectivity index (χ1) is 19.9. The van der Waals surface area contributed by atoms with Gasteiger partial charge in [-0.25, -0.2) is 4.79 Å². The number of fused-ring (bicyclic) bond motifs is 2. The maximum atomic E-state index is 13.9. The number of ether oxygens (including phenoxy) is 3. The van der Waals surface area contributed by atoms with Gasteiger partial charge in [0, 0.05) is 5.92 Å². The highest BCUT2D eigenvalue weighted by atomic mass is 16.7. The summed E-state index contributed by atoms with van der Waals surface area (Å²) < 4.78 is 16.9. The lowest BCUT2D eigenvalue weighted by Gasteiger charge is -2.45. The van der Waals surface area contributed by atoms with Crippen molar-refractivity contribution in [3.8, 4) is 11.5 Å². The largest absolute Gasteiger partial charge is 0.507 e. The molecule has 15 nitrogen and oxygen atoms in total. The van der Waals surface area contributed by atoms with E-state index in [4.69, 9.17) is 14.2 Å². The number of carboxylic acid groups (broad SMARTS) is 1. The number of phenolic OH excluding ortho intramolecular Hbond substituents is 1. The van der Waals surface area contributed by atoms with Crippen LogP contribution in [-0.4, -0.2) is 137 Å². The van der Waals surface area contributed by atoms with Gasteiger partial charge in [0.15, 0.2) is 0 Å². The van der Waals surface area contributed by atoms with E-state index in [1.54, 1.807) is 0 Å². The second kappa shape index (κ2) is 11.5. The monoisotopic (exact) mass is 594 g/mol. The maximum absolute atomic E-state index is 13.9. The lowest BCUT2D eigenvalue weighted by molar-refractivity contribution is -0.277. The lowest BCUT2D eigenvalue weighted by Crippen LogP contribution is -2.60. The fourth-order valence-electron chi connectivity index (χ4n) is 5.76. The molecular formula is C27H30O15. The van der Waals surface area contributed by atoms with Crippen LogP contribution in [0.15, 0.2) is 30.3 Å². The highest BCUT2D eigenvalue weighted by Crippen LogP contribution is 2.48. The molecule has 2 heterocycles. The van der Waals surface area contributed by atoms with Crippen LogP contribution in [-0.2, 0) is 9.47 Å². The van der Waals surface area contributed by atoms with Crippen molar-refractivity contribution < 1.29 is 74.9 Å². The zero-order valence-electron chi connectivity index (χ0n) is 21.7. The highest BCUT2D eigenvalue weighted by molar-refractivity contribution is 6.16. The van der Waals surface area contributed by atoms with Crippen molar-refractivity contribution >= 4 is 11.8 Å². The zero-order chi connectivity index (χ0) is 30.6. The molecule has 15 heteroatoms. The van der Waals surface area contributed by atoms with Crippen LogP contribution < -0.4 is 4.74 Å². The van der Waals surface area contributed by atoms with Crippen molar-refractivity contribution in [3.05, 3.63) is 58.1 Å². The minimum absolute atomic E-state index is 0.0564. The van der Waals surface area contributed by atoms with E-state index in [1.807, 2.05) is 0 Å². The van der Waals surface area contributed by atoms with Crippen molar-refractivity contribution in [2.45, 2.75) is 67.1 Å². The molecule has 2 aromatic carbocycles. The number of aromatic carboxylic acids is 1. The topological polar surface area (TPSA) is 264 Å².